The van der Waals surface area contributed by atoms with E-state index in [1.165, 1.54) is 18.4 Å². The van der Waals surface area contributed by atoms with Crippen molar-refractivity contribution in [3.63, 3.8) is 0 Å². The summed E-state index contributed by atoms with van der Waals surface area (Å²) in [5.41, 5.74) is -0.0914. The van der Waals surface area contributed by atoms with Gasteiger partial charge in [-0.2, -0.15) is 0 Å². The number of primary sulfonamides is 2. The van der Waals surface area contributed by atoms with E-state index in [9.17, 15) is 21.6 Å². The average Bonchev–Trinajstić information content (AvgIpc) is 3.04. The molecule has 2 aromatic rings. The van der Waals surface area contributed by atoms with Crippen LogP contribution in [0.4, 0.5) is 5.69 Å². The molecule has 0 aliphatic carbocycles. The van der Waals surface area contributed by atoms with Gasteiger partial charge >= 0.3 is 5.97 Å². The largest absolute Gasteiger partial charge is 0.478 e. The minimum atomic E-state index is -4.11. The number of sulfonamides is 2. The lowest BCUT2D eigenvalue weighted by molar-refractivity contribution is 0.0697. The summed E-state index contributed by atoms with van der Waals surface area (Å²) < 4.78 is 47.7. The van der Waals surface area contributed by atoms with Gasteiger partial charge in [0.15, 0.2) is 0 Å². The van der Waals surface area contributed by atoms with Crippen LogP contribution in [-0.2, 0) is 26.6 Å². The number of hydrogen-bond acceptors (Lipinski definition) is 7. The van der Waals surface area contributed by atoms with Gasteiger partial charge in [-0.15, -0.1) is 6.58 Å². The molecule has 0 unspecified atom stereocenters. The second-order valence-corrected chi connectivity index (χ2v) is 8.83. The van der Waals surface area contributed by atoms with Crippen molar-refractivity contribution >= 4 is 43.3 Å². The molecule has 1 aromatic heterocycles. The number of carbonyl (C=O) groups is 1. The van der Waals surface area contributed by atoms with Crippen LogP contribution in [0.2, 0.25) is 5.02 Å². The fraction of sp³-hybridized carbons (Fsp3) is 0.133. The summed E-state index contributed by atoms with van der Waals surface area (Å²) in [5.74, 6) is -0.871. The van der Waals surface area contributed by atoms with Crippen LogP contribution in [0.25, 0.3) is 0 Å². The first kappa shape index (κ1) is 23.7. The number of hydrogen-bond donors (Lipinski definition) is 4. The number of carboxylic acid groups (broad SMARTS) is 1. The lowest BCUT2D eigenvalue weighted by Gasteiger charge is -2.11. The Morgan fingerprint density at radius 3 is 2.32 bits per heavy atom. The van der Waals surface area contributed by atoms with Crippen LogP contribution in [0.3, 0.4) is 0 Å². The standard InChI is InChI=1S/C12H11ClN2O5S.C3H7NO2S/c13-9-5-10(15-6-7-2-1-3-20-7)8(12(16)17)4-11(9)21(14,18)19;1-2-3-7(4,5)6/h1-5,15H,6H2,(H,16,17)(H2,14,18,19);2H,1,3H2,(H2,4,5,6). The van der Waals surface area contributed by atoms with E-state index >= 15 is 0 Å². The second-order valence-electron chi connectivity index (χ2n) is 5.23. The minimum Gasteiger partial charge on any atom is -0.478 e. The van der Waals surface area contributed by atoms with E-state index in [1.807, 2.05) is 0 Å². The van der Waals surface area contributed by atoms with Gasteiger partial charge in [0.05, 0.1) is 34.8 Å². The smallest absolute Gasteiger partial charge is 0.337 e. The molecule has 1 aromatic carbocycles. The van der Waals surface area contributed by atoms with E-state index < -0.39 is 30.9 Å². The van der Waals surface area contributed by atoms with Gasteiger partial charge in [0.2, 0.25) is 20.0 Å². The van der Waals surface area contributed by atoms with Crippen LogP contribution in [0.1, 0.15) is 16.1 Å². The van der Waals surface area contributed by atoms with Gasteiger partial charge in [0.1, 0.15) is 10.7 Å². The summed E-state index contributed by atoms with van der Waals surface area (Å²) >= 11 is 5.84. The molecule has 0 radical (unpaired) electrons. The molecular formula is C15H18ClN3O7S2. The zero-order chi connectivity index (χ0) is 21.5. The third kappa shape index (κ3) is 7.70. The quantitative estimate of drug-likeness (QED) is 0.454. The number of carboxylic acids is 1. The molecule has 2 rings (SSSR count). The molecule has 0 bridgehead atoms. The maximum Gasteiger partial charge on any atom is 0.337 e. The van der Waals surface area contributed by atoms with Gasteiger partial charge in [-0.3, -0.25) is 0 Å². The average molecular weight is 452 g/mol. The SMILES string of the molecule is C=CCS(N)(=O)=O.NS(=O)(=O)c1cc(C(=O)O)c(NCc2ccco2)cc1Cl. The highest BCUT2D eigenvalue weighted by atomic mass is 35.5. The van der Waals surface area contributed by atoms with Gasteiger partial charge in [-0.25, -0.2) is 31.9 Å². The van der Waals surface area contributed by atoms with E-state index in [2.05, 4.69) is 17.0 Å². The van der Waals surface area contributed by atoms with Gasteiger partial charge in [0.25, 0.3) is 0 Å². The second kappa shape index (κ2) is 9.71. The molecular weight excluding hydrogens is 434 g/mol. The number of benzene rings is 1. The molecule has 0 spiro atoms. The van der Waals surface area contributed by atoms with E-state index in [0.29, 0.717) is 5.76 Å². The highest BCUT2D eigenvalue weighted by molar-refractivity contribution is 7.89. The summed E-state index contributed by atoms with van der Waals surface area (Å²) in [7, 11) is -7.40. The van der Waals surface area contributed by atoms with Crippen molar-refractivity contribution in [2.75, 3.05) is 11.1 Å². The number of anilines is 1. The van der Waals surface area contributed by atoms with Crippen LogP contribution < -0.4 is 15.6 Å². The number of rotatable bonds is 7. The Morgan fingerprint density at radius 2 is 1.93 bits per heavy atom. The predicted molar refractivity (Wildman–Crippen MR) is 104 cm³/mol. The monoisotopic (exact) mass is 451 g/mol. The van der Waals surface area contributed by atoms with E-state index in [1.54, 1.807) is 12.1 Å². The highest BCUT2D eigenvalue weighted by Gasteiger charge is 2.20. The molecule has 0 atom stereocenters. The third-order valence-electron chi connectivity index (χ3n) is 2.99. The Bertz CT molecular complexity index is 1050. The first-order valence-electron chi connectivity index (χ1n) is 7.32. The lowest BCUT2D eigenvalue weighted by atomic mass is 10.1. The zero-order valence-corrected chi connectivity index (χ0v) is 16.7. The van der Waals surface area contributed by atoms with Gasteiger partial charge in [0, 0.05) is 0 Å². The summed E-state index contributed by atoms with van der Waals surface area (Å²) in [6.45, 7) is 3.41. The molecule has 0 aliphatic heterocycles. The summed E-state index contributed by atoms with van der Waals surface area (Å²) in [6.07, 6.45) is 2.72. The van der Waals surface area contributed by atoms with Gasteiger partial charge in [-0.1, -0.05) is 17.7 Å². The summed E-state index contributed by atoms with van der Waals surface area (Å²) in [5, 5.41) is 21.4. The molecule has 1 heterocycles. The zero-order valence-electron chi connectivity index (χ0n) is 14.3. The minimum absolute atomic E-state index is 0.146. The number of nitrogens with two attached hydrogens (primary N) is 2. The molecule has 10 nitrogen and oxygen atoms in total. The fourth-order valence-corrected chi connectivity index (χ4v) is 3.28. The molecule has 0 amide bonds. The molecule has 0 saturated carbocycles. The van der Waals surface area contributed by atoms with Crippen LogP contribution in [0, 0.1) is 0 Å². The highest BCUT2D eigenvalue weighted by Crippen LogP contribution is 2.28. The first-order valence-corrected chi connectivity index (χ1v) is 11.0. The van der Waals surface area contributed by atoms with Crippen LogP contribution in [-0.4, -0.2) is 33.7 Å². The Morgan fingerprint density at radius 1 is 1.29 bits per heavy atom. The van der Waals surface area contributed by atoms with Crippen molar-refractivity contribution in [2.24, 2.45) is 10.3 Å². The molecule has 13 heteroatoms. The number of aromatic carboxylic acids is 1. The lowest BCUT2D eigenvalue weighted by Crippen LogP contribution is -2.15. The van der Waals surface area contributed by atoms with Crippen LogP contribution in [0.5, 0.6) is 0 Å². The summed E-state index contributed by atoms with van der Waals surface area (Å²) in [4.78, 5) is 10.8. The van der Waals surface area contributed by atoms with E-state index in [0.717, 1.165) is 6.07 Å². The number of halogens is 1. The normalized spacial score (nSPS) is 11.2. The maximum absolute atomic E-state index is 11.3. The Balaban J connectivity index is 0.000000480. The Labute approximate surface area is 166 Å². The number of nitrogens with one attached hydrogen (secondary N) is 1. The van der Waals surface area contributed by atoms with E-state index in [4.69, 9.17) is 26.3 Å². The van der Waals surface area contributed by atoms with Gasteiger partial charge in [-0.05, 0) is 24.3 Å². The Kier molecular flexibility index (Phi) is 8.20. The van der Waals surface area contributed by atoms with E-state index in [-0.39, 0.29) is 28.6 Å². The fourth-order valence-electron chi connectivity index (χ4n) is 1.85. The molecule has 0 aliphatic rings. The summed E-state index contributed by atoms with van der Waals surface area (Å²) in [6, 6.07) is 5.51. The topological polar surface area (TPSA) is 183 Å². The first-order chi connectivity index (χ1) is 12.8. The Hall–Kier alpha value is -2.38. The third-order valence-corrected chi connectivity index (χ3v) is 5.07. The van der Waals surface area contributed by atoms with Crippen molar-refractivity contribution in [1.82, 2.24) is 0 Å². The maximum atomic E-state index is 11.3. The molecule has 154 valence electrons. The predicted octanol–water partition coefficient (Wildman–Crippen LogP) is 1.35. The molecule has 0 fully saturated rings. The van der Waals surface area contributed by atoms with Crippen molar-refractivity contribution in [3.05, 3.63) is 59.5 Å². The van der Waals surface area contributed by atoms with Crippen LogP contribution in [0.15, 0.2) is 52.5 Å². The molecule has 0 saturated heterocycles. The van der Waals surface area contributed by atoms with Crippen molar-refractivity contribution in [1.29, 1.82) is 0 Å². The molecule has 28 heavy (non-hydrogen) atoms. The van der Waals surface area contributed by atoms with Crippen molar-refractivity contribution < 1.29 is 31.2 Å². The van der Waals surface area contributed by atoms with Crippen molar-refractivity contribution in [3.8, 4) is 0 Å². The van der Waals surface area contributed by atoms with Crippen molar-refractivity contribution in [2.45, 2.75) is 11.4 Å². The molecule has 6 N–H and O–H groups in total. The van der Waals surface area contributed by atoms with Crippen LogP contribution >= 0.6 is 11.6 Å². The van der Waals surface area contributed by atoms with Gasteiger partial charge < -0.3 is 14.8 Å². The number of furan rings is 1.